The Bertz CT molecular complexity index is 544. The lowest BCUT2D eigenvalue weighted by Gasteiger charge is -2.37. The van der Waals surface area contributed by atoms with E-state index in [0.717, 1.165) is 63.1 Å². The minimum atomic E-state index is 0.222. The summed E-state index contributed by atoms with van der Waals surface area (Å²) < 4.78 is 16.6. The van der Waals surface area contributed by atoms with Crippen LogP contribution in [0.5, 0.6) is 11.5 Å². The normalized spacial score (nSPS) is 18.8. The molecule has 0 N–H and O–H groups in total. The summed E-state index contributed by atoms with van der Waals surface area (Å²) in [5, 5.41) is 0. The molecule has 0 saturated carbocycles. The van der Waals surface area contributed by atoms with Gasteiger partial charge in [-0.1, -0.05) is 13.8 Å². The highest BCUT2D eigenvalue weighted by Crippen LogP contribution is 2.29. The molecule has 3 heterocycles. The molecule has 134 valence electrons. The lowest BCUT2D eigenvalue weighted by Crippen LogP contribution is -2.45. The zero-order valence-corrected chi connectivity index (χ0v) is 15.1. The fraction of sp³-hybridized carbons (Fsp3) is 0.722. The summed E-state index contributed by atoms with van der Waals surface area (Å²) in [6, 6.07) is 2.00. The fourth-order valence-corrected chi connectivity index (χ4v) is 3.55. The van der Waals surface area contributed by atoms with E-state index in [1.807, 2.05) is 6.07 Å². The second-order valence-electron chi connectivity index (χ2n) is 7.54. The van der Waals surface area contributed by atoms with Crippen molar-refractivity contribution in [3.05, 3.63) is 18.0 Å². The summed E-state index contributed by atoms with van der Waals surface area (Å²) in [4.78, 5) is 9.34. The first kappa shape index (κ1) is 17.5. The predicted molar refractivity (Wildman–Crippen MR) is 92.6 cm³/mol. The quantitative estimate of drug-likeness (QED) is 0.788. The average molecular weight is 335 g/mol. The molecule has 0 unspecified atom stereocenters. The zero-order chi connectivity index (χ0) is 17.0. The van der Waals surface area contributed by atoms with Crippen LogP contribution in [0.3, 0.4) is 0 Å². The smallest absolute Gasteiger partial charge is 0.179 e. The van der Waals surface area contributed by atoms with Crippen molar-refractivity contribution in [1.29, 1.82) is 0 Å². The third-order valence-electron chi connectivity index (χ3n) is 4.37. The first-order valence-electron chi connectivity index (χ1n) is 8.75. The minimum Gasteiger partial charge on any atom is -0.486 e. The molecule has 2 aliphatic heterocycles. The summed E-state index contributed by atoms with van der Waals surface area (Å²) in [6.45, 7) is 12.6. The Morgan fingerprint density at radius 2 is 1.83 bits per heavy atom. The highest BCUT2D eigenvalue weighted by molar-refractivity contribution is 5.39. The van der Waals surface area contributed by atoms with Crippen molar-refractivity contribution in [1.82, 2.24) is 14.8 Å². The van der Waals surface area contributed by atoms with E-state index in [4.69, 9.17) is 14.2 Å². The number of hydrogen-bond acceptors (Lipinski definition) is 6. The number of aromatic nitrogens is 1. The van der Waals surface area contributed by atoms with Crippen molar-refractivity contribution in [2.24, 2.45) is 5.41 Å². The van der Waals surface area contributed by atoms with Crippen LogP contribution in [0.1, 0.15) is 19.5 Å². The molecule has 0 aliphatic carbocycles. The minimum absolute atomic E-state index is 0.222. The highest BCUT2D eigenvalue weighted by atomic mass is 16.6. The van der Waals surface area contributed by atoms with E-state index in [1.165, 1.54) is 0 Å². The Balaban J connectivity index is 1.53. The molecule has 0 bridgehead atoms. The summed E-state index contributed by atoms with van der Waals surface area (Å²) in [5.41, 5.74) is 1.24. The van der Waals surface area contributed by atoms with Crippen molar-refractivity contribution >= 4 is 0 Å². The molecule has 0 aromatic carbocycles. The Morgan fingerprint density at radius 1 is 1.12 bits per heavy atom. The van der Waals surface area contributed by atoms with E-state index in [0.29, 0.717) is 13.2 Å². The van der Waals surface area contributed by atoms with Crippen LogP contribution in [-0.4, -0.2) is 74.4 Å². The van der Waals surface area contributed by atoms with E-state index < -0.39 is 0 Å². The van der Waals surface area contributed by atoms with Gasteiger partial charge in [-0.2, -0.15) is 0 Å². The average Bonchev–Trinajstić information content (AvgIpc) is 2.54. The van der Waals surface area contributed by atoms with Gasteiger partial charge >= 0.3 is 0 Å². The topological polar surface area (TPSA) is 47.1 Å². The predicted octanol–water partition coefficient (Wildman–Crippen LogP) is 1.64. The van der Waals surface area contributed by atoms with Crippen molar-refractivity contribution < 1.29 is 14.2 Å². The van der Waals surface area contributed by atoms with Crippen molar-refractivity contribution in [3.8, 4) is 11.5 Å². The molecule has 0 spiro atoms. The molecule has 3 rings (SSSR count). The molecular weight excluding hydrogens is 306 g/mol. The summed E-state index contributed by atoms with van der Waals surface area (Å²) >= 11 is 0. The van der Waals surface area contributed by atoms with E-state index in [2.05, 4.69) is 35.7 Å². The van der Waals surface area contributed by atoms with Gasteiger partial charge in [-0.15, -0.1) is 0 Å². The van der Waals surface area contributed by atoms with Crippen molar-refractivity contribution in [3.63, 3.8) is 0 Å². The Morgan fingerprint density at radius 3 is 2.58 bits per heavy atom. The van der Waals surface area contributed by atoms with Crippen LogP contribution >= 0.6 is 0 Å². The van der Waals surface area contributed by atoms with Gasteiger partial charge in [0.25, 0.3) is 0 Å². The number of nitrogens with zero attached hydrogens (tertiary/aromatic N) is 3. The van der Waals surface area contributed by atoms with Crippen LogP contribution in [0.2, 0.25) is 0 Å². The van der Waals surface area contributed by atoms with Crippen molar-refractivity contribution in [2.45, 2.75) is 20.4 Å². The van der Waals surface area contributed by atoms with Gasteiger partial charge in [0, 0.05) is 38.8 Å². The zero-order valence-electron chi connectivity index (χ0n) is 15.1. The van der Waals surface area contributed by atoms with Gasteiger partial charge in [-0.3, -0.25) is 14.8 Å². The molecule has 1 saturated heterocycles. The summed E-state index contributed by atoms with van der Waals surface area (Å²) in [6.07, 6.45) is 1.77. The Hall–Kier alpha value is -1.37. The van der Waals surface area contributed by atoms with E-state index >= 15 is 0 Å². The molecule has 6 nitrogen and oxygen atoms in total. The molecule has 1 aromatic rings. The summed E-state index contributed by atoms with van der Waals surface area (Å²) in [5.74, 6) is 1.56. The first-order chi connectivity index (χ1) is 11.5. The van der Waals surface area contributed by atoms with Crippen LogP contribution < -0.4 is 9.47 Å². The number of morpholine rings is 1. The van der Waals surface area contributed by atoms with Crippen LogP contribution in [0.15, 0.2) is 12.3 Å². The fourth-order valence-electron chi connectivity index (χ4n) is 3.55. The number of rotatable bonds is 6. The lowest BCUT2D eigenvalue weighted by atomic mass is 9.91. The molecule has 1 aromatic heterocycles. The third-order valence-corrected chi connectivity index (χ3v) is 4.37. The van der Waals surface area contributed by atoms with Crippen LogP contribution in [0, 0.1) is 5.41 Å². The second kappa shape index (κ2) is 7.68. The number of hydrogen-bond donors (Lipinski definition) is 0. The molecule has 1 fully saturated rings. The molecule has 0 amide bonds. The van der Waals surface area contributed by atoms with Crippen LogP contribution in [-0.2, 0) is 11.3 Å². The maximum atomic E-state index is 5.65. The van der Waals surface area contributed by atoms with Gasteiger partial charge in [0.15, 0.2) is 11.5 Å². The summed E-state index contributed by atoms with van der Waals surface area (Å²) in [7, 11) is 2.15. The van der Waals surface area contributed by atoms with Gasteiger partial charge in [-0.25, -0.2) is 0 Å². The van der Waals surface area contributed by atoms with Crippen LogP contribution in [0.4, 0.5) is 0 Å². The second-order valence-corrected chi connectivity index (χ2v) is 7.54. The van der Waals surface area contributed by atoms with E-state index in [-0.39, 0.29) is 5.41 Å². The number of fused-ring (bicyclic) bond motifs is 1. The van der Waals surface area contributed by atoms with Gasteiger partial charge < -0.3 is 14.2 Å². The molecule has 6 heteroatoms. The lowest BCUT2D eigenvalue weighted by molar-refractivity contribution is 0.0160. The molecule has 0 atom stereocenters. The van der Waals surface area contributed by atoms with Gasteiger partial charge in [0.05, 0.1) is 25.1 Å². The van der Waals surface area contributed by atoms with Gasteiger partial charge in [0.1, 0.15) is 13.2 Å². The molecule has 2 aliphatic rings. The molecule has 0 radical (unpaired) electrons. The van der Waals surface area contributed by atoms with E-state index in [1.54, 1.807) is 6.20 Å². The largest absolute Gasteiger partial charge is 0.486 e. The monoisotopic (exact) mass is 335 g/mol. The highest BCUT2D eigenvalue weighted by Gasteiger charge is 2.25. The SMILES string of the molecule is CN(Cc1cc2c(cn1)OCCO2)CC(C)(C)CN1CCOCC1. The molecular formula is C18H29N3O3. The standard InChI is InChI=1S/C18H29N3O3/c1-18(2,14-21-4-6-22-7-5-21)13-20(3)12-15-10-16-17(11-19-15)24-9-8-23-16/h10-11H,4-9,12-14H2,1-3H3. The third kappa shape index (κ3) is 4.82. The van der Waals surface area contributed by atoms with Gasteiger partial charge in [0.2, 0.25) is 0 Å². The number of ether oxygens (including phenoxy) is 3. The van der Waals surface area contributed by atoms with Crippen molar-refractivity contribution in [2.75, 3.05) is 59.7 Å². The van der Waals surface area contributed by atoms with Crippen LogP contribution in [0.25, 0.3) is 0 Å². The number of pyridine rings is 1. The Labute approximate surface area is 144 Å². The van der Waals surface area contributed by atoms with Gasteiger partial charge in [-0.05, 0) is 12.5 Å². The first-order valence-corrected chi connectivity index (χ1v) is 8.75. The maximum absolute atomic E-state index is 5.65. The van der Waals surface area contributed by atoms with E-state index in [9.17, 15) is 0 Å². The maximum Gasteiger partial charge on any atom is 0.179 e. The Kier molecular flexibility index (Phi) is 5.58. The molecule has 24 heavy (non-hydrogen) atoms.